The van der Waals surface area contributed by atoms with Crippen LogP contribution in [0, 0.1) is 6.92 Å². The topological polar surface area (TPSA) is 44.1 Å². The van der Waals surface area contributed by atoms with Crippen LogP contribution in [-0.2, 0) is 11.3 Å². The molecule has 0 aromatic carbocycles. The van der Waals surface area contributed by atoms with Gasteiger partial charge in [-0.2, -0.15) is 5.10 Å². The average Bonchev–Trinajstić information content (AvgIpc) is 2.56. The monoisotopic (exact) mass is 196 g/mol. The zero-order valence-electron chi connectivity index (χ0n) is 8.91. The minimum Gasteiger partial charge on any atom is -0.465 e. The van der Waals surface area contributed by atoms with Crippen molar-refractivity contribution in [2.75, 3.05) is 7.11 Å². The summed E-state index contributed by atoms with van der Waals surface area (Å²) >= 11 is 0. The van der Waals surface area contributed by atoms with Crippen LogP contribution < -0.4 is 0 Å². The Kier molecular flexibility index (Phi) is 3.68. The number of hydrogen-bond donors (Lipinski definition) is 0. The summed E-state index contributed by atoms with van der Waals surface area (Å²) in [6, 6.07) is 0. The minimum absolute atomic E-state index is 0.315. The van der Waals surface area contributed by atoms with Crippen molar-refractivity contribution in [1.82, 2.24) is 9.78 Å². The fourth-order valence-corrected chi connectivity index (χ4v) is 1.29. The van der Waals surface area contributed by atoms with E-state index in [1.54, 1.807) is 6.20 Å². The number of nitrogens with zero attached hydrogens (tertiary/aromatic N) is 2. The van der Waals surface area contributed by atoms with Gasteiger partial charge in [0.2, 0.25) is 0 Å². The summed E-state index contributed by atoms with van der Waals surface area (Å²) in [7, 11) is 1.38. The molecule has 14 heavy (non-hydrogen) atoms. The molecular formula is C10H16N2O2. The fraction of sp³-hybridized carbons (Fsp3) is 0.600. The Bertz CT molecular complexity index is 318. The smallest absolute Gasteiger partial charge is 0.341 e. The van der Waals surface area contributed by atoms with E-state index in [0.29, 0.717) is 5.56 Å². The molecule has 1 rings (SSSR count). The standard InChI is InChI=1S/C10H16N2O2/c1-4-5-6-12-8(2)9(7-11-12)10(13)14-3/h7H,4-6H2,1-3H3. The summed E-state index contributed by atoms with van der Waals surface area (Å²) in [5.74, 6) is -0.315. The molecule has 0 aliphatic heterocycles. The van der Waals surface area contributed by atoms with Crippen LogP contribution in [0.25, 0.3) is 0 Å². The quantitative estimate of drug-likeness (QED) is 0.689. The average molecular weight is 196 g/mol. The molecule has 78 valence electrons. The summed E-state index contributed by atoms with van der Waals surface area (Å²) in [5, 5.41) is 4.14. The van der Waals surface area contributed by atoms with E-state index >= 15 is 0 Å². The second-order valence-electron chi connectivity index (χ2n) is 3.21. The van der Waals surface area contributed by atoms with Crippen LogP contribution in [0.2, 0.25) is 0 Å². The molecule has 1 aromatic rings. The van der Waals surface area contributed by atoms with Crippen LogP contribution >= 0.6 is 0 Å². The number of carbonyl (C=O) groups is 1. The van der Waals surface area contributed by atoms with Crippen LogP contribution in [0.1, 0.15) is 35.8 Å². The molecule has 4 nitrogen and oxygen atoms in total. The van der Waals surface area contributed by atoms with E-state index in [0.717, 1.165) is 25.1 Å². The molecule has 0 spiro atoms. The summed E-state index contributed by atoms with van der Waals surface area (Å²) in [6.07, 6.45) is 3.76. The third kappa shape index (κ3) is 2.13. The van der Waals surface area contributed by atoms with Crippen molar-refractivity contribution in [3.8, 4) is 0 Å². The highest BCUT2D eigenvalue weighted by Gasteiger charge is 2.13. The molecular weight excluding hydrogens is 180 g/mol. The lowest BCUT2D eigenvalue weighted by Gasteiger charge is -2.03. The van der Waals surface area contributed by atoms with E-state index in [1.807, 2.05) is 11.6 Å². The van der Waals surface area contributed by atoms with Gasteiger partial charge >= 0.3 is 5.97 Å². The first kappa shape index (κ1) is 10.8. The minimum atomic E-state index is -0.315. The third-order valence-corrected chi connectivity index (χ3v) is 2.23. The highest BCUT2D eigenvalue weighted by atomic mass is 16.5. The second-order valence-corrected chi connectivity index (χ2v) is 3.21. The zero-order valence-corrected chi connectivity index (χ0v) is 8.91. The molecule has 0 bridgehead atoms. The maximum atomic E-state index is 11.2. The Morgan fingerprint density at radius 3 is 2.93 bits per heavy atom. The molecule has 0 amide bonds. The summed E-state index contributed by atoms with van der Waals surface area (Å²) in [4.78, 5) is 11.2. The van der Waals surface area contributed by atoms with Gasteiger partial charge in [-0.25, -0.2) is 4.79 Å². The third-order valence-electron chi connectivity index (χ3n) is 2.23. The lowest BCUT2D eigenvalue weighted by molar-refractivity contribution is 0.0599. The molecule has 0 saturated carbocycles. The van der Waals surface area contributed by atoms with Crippen molar-refractivity contribution in [3.05, 3.63) is 17.5 Å². The van der Waals surface area contributed by atoms with E-state index in [-0.39, 0.29) is 5.97 Å². The van der Waals surface area contributed by atoms with E-state index in [2.05, 4.69) is 16.8 Å². The number of aryl methyl sites for hydroxylation is 1. The van der Waals surface area contributed by atoms with Crippen LogP contribution in [0.3, 0.4) is 0 Å². The Morgan fingerprint density at radius 1 is 1.64 bits per heavy atom. The number of esters is 1. The van der Waals surface area contributed by atoms with Crippen LogP contribution in [0.4, 0.5) is 0 Å². The summed E-state index contributed by atoms with van der Waals surface area (Å²) in [6.45, 7) is 4.87. The molecule has 0 atom stereocenters. The lowest BCUT2D eigenvalue weighted by atomic mass is 10.2. The molecule has 0 unspecified atom stereocenters. The molecule has 4 heteroatoms. The molecule has 0 radical (unpaired) electrons. The normalized spacial score (nSPS) is 10.2. The van der Waals surface area contributed by atoms with Gasteiger partial charge in [-0.05, 0) is 13.3 Å². The SMILES string of the molecule is CCCCn1ncc(C(=O)OC)c1C. The molecule has 1 heterocycles. The van der Waals surface area contributed by atoms with Crippen molar-refractivity contribution in [3.63, 3.8) is 0 Å². The van der Waals surface area contributed by atoms with Gasteiger partial charge in [0, 0.05) is 12.2 Å². The molecule has 0 saturated heterocycles. The number of hydrogen-bond acceptors (Lipinski definition) is 3. The Labute approximate surface area is 83.9 Å². The van der Waals surface area contributed by atoms with Gasteiger partial charge < -0.3 is 4.74 Å². The molecule has 0 fully saturated rings. The van der Waals surface area contributed by atoms with E-state index in [4.69, 9.17) is 0 Å². The van der Waals surface area contributed by atoms with E-state index in [9.17, 15) is 4.79 Å². The first-order valence-electron chi connectivity index (χ1n) is 4.81. The Hall–Kier alpha value is -1.32. The van der Waals surface area contributed by atoms with Gasteiger partial charge in [0.15, 0.2) is 0 Å². The van der Waals surface area contributed by atoms with Gasteiger partial charge in [0.25, 0.3) is 0 Å². The molecule has 1 aromatic heterocycles. The van der Waals surface area contributed by atoms with Crippen molar-refractivity contribution >= 4 is 5.97 Å². The van der Waals surface area contributed by atoms with Gasteiger partial charge in [0.1, 0.15) is 5.56 Å². The second kappa shape index (κ2) is 4.79. The maximum absolute atomic E-state index is 11.2. The van der Waals surface area contributed by atoms with Crippen molar-refractivity contribution in [1.29, 1.82) is 0 Å². The number of aromatic nitrogens is 2. The molecule has 0 aliphatic rings. The first-order chi connectivity index (χ1) is 6.70. The number of methoxy groups -OCH3 is 1. The highest BCUT2D eigenvalue weighted by molar-refractivity contribution is 5.90. The van der Waals surface area contributed by atoms with Gasteiger partial charge in [-0.15, -0.1) is 0 Å². The number of carbonyl (C=O) groups excluding carboxylic acids is 1. The van der Waals surface area contributed by atoms with Crippen molar-refractivity contribution < 1.29 is 9.53 Å². The predicted molar refractivity (Wildman–Crippen MR) is 53.2 cm³/mol. The summed E-state index contributed by atoms with van der Waals surface area (Å²) in [5.41, 5.74) is 1.44. The van der Waals surface area contributed by atoms with Gasteiger partial charge in [0.05, 0.1) is 13.3 Å². The number of unbranched alkanes of at least 4 members (excludes halogenated alkanes) is 1. The Balaban J connectivity index is 2.80. The van der Waals surface area contributed by atoms with Gasteiger partial charge in [-0.3, -0.25) is 4.68 Å². The van der Waals surface area contributed by atoms with Crippen LogP contribution in [-0.4, -0.2) is 22.9 Å². The van der Waals surface area contributed by atoms with Gasteiger partial charge in [-0.1, -0.05) is 13.3 Å². The highest BCUT2D eigenvalue weighted by Crippen LogP contribution is 2.09. The van der Waals surface area contributed by atoms with E-state index in [1.165, 1.54) is 7.11 Å². The van der Waals surface area contributed by atoms with Crippen molar-refractivity contribution in [2.24, 2.45) is 0 Å². The zero-order chi connectivity index (χ0) is 10.6. The number of ether oxygens (including phenoxy) is 1. The van der Waals surface area contributed by atoms with Crippen LogP contribution in [0.5, 0.6) is 0 Å². The fourth-order valence-electron chi connectivity index (χ4n) is 1.29. The van der Waals surface area contributed by atoms with E-state index < -0.39 is 0 Å². The first-order valence-corrected chi connectivity index (χ1v) is 4.81. The molecule has 0 aliphatic carbocycles. The Morgan fingerprint density at radius 2 is 2.36 bits per heavy atom. The summed E-state index contributed by atoms with van der Waals surface area (Å²) < 4.78 is 6.49. The van der Waals surface area contributed by atoms with Crippen molar-refractivity contribution in [2.45, 2.75) is 33.2 Å². The maximum Gasteiger partial charge on any atom is 0.341 e. The predicted octanol–water partition coefficient (Wildman–Crippen LogP) is 1.78. The lowest BCUT2D eigenvalue weighted by Crippen LogP contribution is -2.06. The van der Waals surface area contributed by atoms with Crippen LogP contribution in [0.15, 0.2) is 6.20 Å². The number of rotatable bonds is 4. The largest absolute Gasteiger partial charge is 0.465 e. The molecule has 0 N–H and O–H groups in total.